The van der Waals surface area contributed by atoms with Crippen LogP contribution in [0.5, 0.6) is 0 Å². The number of hydrogen-bond donors (Lipinski definition) is 0. The third kappa shape index (κ3) is 10.0. The van der Waals surface area contributed by atoms with E-state index in [1.54, 1.807) is 0 Å². The fraction of sp³-hybridized carbons (Fsp3) is 0.850. The number of nitrogens with zero attached hydrogens (tertiary/aromatic N) is 2. The number of rotatable bonds is 15. The normalized spacial score (nSPS) is 12.6. The molecule has 22 heavy (non-hydrogen) atoms. The van der Waals surface area contributed by atoms with Gasteiger partial charge in [-0.05, 0) is 13.3 Å². The van der Waals surface area contributed by atoms with Crippen LogP contribution < -0.4 is 0 Å². The zero-order valence-electron chi connectivity index (χ0n) is 15.1. The van der Waals surface area contributed by atoms with Crippen LogP contribution in [0.2, 0.25) is 0 Å². The van der Waals surface area contributed by atoms with Crippen LogP contribution in [0.3, 0.4) is 0 Å². The van der Waals surface area contributed by atoms with Gasteiger partial charge < -0.3 is 4.57 Å². The molecular weight excluding hydrogens is 268 g/mol. The summed E-state index contributed by atoms with van der Waals surface area (Å²) in [6.07, 6.45) is 25.8. The molecule has 0 bridgehead atoms. The lowest BCUT2D eigenvalue weighted by Crippen LogP contribution is -2.01. The van der Waals surface area contributed by atoms with Crippen molar-refractivity contribution in [3.63, 3.8) is 0 Å². The van der Waals surface area contributed by atoms with E-state index in [1.807, 2.05) is 12.5 Å². The van der Waals surface area contributed by atoms with Gasteiger partial charge in [-0.2, -0.15) is 0 Å². The maximum absolute atomic E-state index is 4.12. The quantitative estimate of drug-likeness (QED) is 0.321. The molecule has 0 N–H and O–H groups in total. The highest BCUT2D eigenvalue weighted by atomic mass is 15.0. The lowest BCUT2D eigenvalue weighted by atomic mass is 10.0. The SMILES string of the molecule is CCCCCCCCCCCCCCCC(C)n1ccnc1. The Morgan fingerprint density at radius 3 is 1.73 bits per heavy atom. The zero-order valence-corrected chi connectivity index (χ0v) is 15.1. The van der Waals surface area contributed by atoms with Crippen molar-refractivity contribution < 1.29 is 0 Å². The van der Waals surface area contributed by atoms with Crippen LogP contribution in [0.4, 0.5) is 0 Å². The highest BCUT2D eigenvalue weighted by Gasteiger charge is 2.02. The molecule has 1 aromatic heterocycles. The maximum atomic E-state index is 4.12. The Morgan fingerprint density at radius 2 is 1.27 bits per heavy atom. The molecule has 1 atom stereocenters. The van der Waals surface area contributed by atoms with Gasteiger partial charge in [0.15, 0.2) is 0 Å². The Morgan fingerprint density at radius 1 is 0.773 bits per heavy atom. The van der Waals surface area contributed by atoms with Crippen molar-refractivity contribution in [3.05, 3.63) is 18.7 Å². The first kappa shape index (κ1) is 19.3. The van der Waals surface area contributed by atoms with Crippen LogP contribution in [0.1, 0.15) is 110 Å². The number of unbranched alkanes of at least 4 members (excludes halogenated alkanes) is 12. The Bertz CT molecular complexity index is 318. The van der Waals surface area contributed by atoms with Crippen LogP contribution in [-0.2, 0) is 0 Å². The van der Waals surface area contributed by atoms with E-state index in [2.05, 4.69) is 29.6 Å². The first-order valence-electron chi connectivity index (χ1n) is 9.82. The predicted octanol–water partition coefficient (Wildman–Crippen LogP) is 6.93. The Kier molecular flexibility index (Phi) is 12.1. The van der Waals surface area contributed by atoms with E-state index in [1.165, 1.54) is 89.9 Å². The second kappa shape index (κ2) is 13.8. The Labute approximate surface area is 138 Å². The second-order valence-electron chi connectivity index (χ2n) is 6.89. The molecule has 0 amide bonds. The monoisotopic (exact) mass is 306 g/mol. The van der Waals surface area contributed by atoms with Gasteiger partial charge in [0.05, 0.1) is 6.33 Å². The van der Waals surface area contributed by atoms with Crippen molar-refractivity contribution in [1.82, 2.24) is 9.55 Å². The van der Waals surface area contributed by atoms with Gasteiger partial charge in [-0.3, -0.25) is 0 Å². The van der Waals surface area contributed by atoms with Crippen molar-refractivity contribution in [3.8, 4) is 0 Å². The fourth-order valence-corrected chi connectivity index (χ4v) is 3.14. The molecule has 0 aliphatic heterocycles. The van der Waals surface area contributed by atoms with Crippen LogP contribution in [0.15, 0.2) is 18.7 Å². The van der Waals surface area contributed by atoms with Gasteiger partial charge in [-0.25, -0.2) is 4.98 Å². The van der Waals surface area contributed by atoms with Gasteiger partial charge >= 0.3 is 0 Å². The second-order valence-corrected chi connectivity index (χ2v) is 6.89. The largest absolute Gasteiger partial charge is 0.335 e. The third-order valence-corrected chi connectivity index (χ3v) is 4.76. The first-order chi connectivity index (χ1) is 10.8. The molecule has 1 unspecified atom stereocenters. The topological polar surface area (TPSA) is 17.8 Å². The lowest BCUT2D eigenvalue weighted by molar-refractivity contribution is 0.465. The van der Waals surface area contributed by atoms with Crippen LogP contribution in [0, 0.1) is 0 Å². The number of imidazole rings is 1. The molecule has 0 spiro atoms. The summed E-state index contributed by atoms with van der Waals surface area (Å²) in [4.78, 5) is 4.12. The molecule has 0 aliphatic rings. The first-order valence-corrected chi connectivity index (χ1v) is 9.82. The van der Waals surface area contributed by atoms with E-state index in [0.29, 0.717) is 6.04 Å². The minimum atomic E-state index is 0.607. The average Bonchev–Trinajstić information content (AvgIpc) is 3.06. The van der Waals surface area contributed by atoms with Crippen molar-refractivity contribution >= 4 is 0 Å². The van der Waals surface area contributed by atoms with Crippen LogP contribution in [-0.4, -0.2) is 9.55 Å². The average molecular weight is 307 g/mol. The molecule has 1 heterocycles. The maximum Gasteiger partial charge on any atom is 0.0948 e. The molecule has 0 radical (unpaired) electrons. The summed E-state index contributed by atoms with van der Waals surface area (Å²) in [5.41, 5.74) is 0. The molecule has 0 saturated carbocycles. The third-order valence-electron chi connectivity index (χ3n) is 4.76. The summed E-state index contributed by atoms with van der Waals surface area (Å²) < 4.78 is 2.22. The Hall–Kier alpha value is -0.790. The fourth-order valence-electron chi connectivity index (χ4n) is 3.14. The summed E-state index contributed by atoms with van der Waals surface area (Å²) in [5, 5.41) is 0. The molecule has 1 aromatic rings. The molecule has 128 valence electrons. The molecule has 0 fully saturated rings. The number of aromatic nitrogens is 2. The highest BCUT2D eigenvalue weighted by Crippen LogP contribution is 2.16. The van der Waals surface area contributed by atoms with Crippen LogP contribution >= 0.6 is 0 Å². The van der Waals surface area contributed by atoms with Crippen molar-refractivity contribution in [2.45, 2.75) is 110 Å². The molecule has 2 heteroatoms. The Balaban J connectivity index is 1.76. The van der Waals surface area contributed by atoms with Gasteiger partial charge in [0.25, 0.3) is 0 Å². The molecule has 2 nitrogen and oxygen atoms in total. The van der Waals surface area contributed by atoms with Crippen molar-refractivity contribution in [2.24, 2.45) is 0 Å². The lowest BCUT2D eigenvalue weighted by Gasteiger charge is -2.12. The van der Waals surface area contributed by atoms with Gasteiger partial charge in [0, 0.05) is 18.4 Å². The molecule has 1 rings (SSSR count). The van der Waals surface area contributed by atoms with E-state index >= 15 is 0 Å². The van der Waals surface area contributed by atoms with Gasteiger partial charge in [-0.1, -0.05) is 90.4 Å². The minimum absolute atomic E-state index is 0.607. The van der Waals surface area contributed by atoms with E-state index in [0.717, 1.165) is 0 Å². The smallest absolute Gasteiger partial charge is 0.0948 e. The standard InChI is InChI=1S/C20H38N2/c1-3-4-5-6-7-8-9-10-11-12-13-14-15-16-20(2)22-18-17-21-19-22/h17-20H,3-16H2,1-2H3. The summed E-state index contributed by atoms with van der Waals surface area (Å²) in [5.74, 6) is 0. The van der Waals surface area contributed by atoms with E-state index in [4.69, 9.17) is 0 Å². The van der Waals surface area contributed by atoms with Crippen molar-refractivity contribution in [1.29, 1.82) is 0 Å². The highest BCUT2D eigenvalue weighted by molar-refractivity contribution is 4.78. The van der Waals surface area contributed by atoms with E-state index in [9.17, 15) is 0 Å². The summed E-state index contributed by atoms with van der Waals surface area (Å²) in [6, 6.07) is 0.607. The van der Waals surface area contributed by atoms with Gasteiger partial charge in [-0.15, -0.1) is 0 Å². The zero-order chi connectivity index (χ0) is 15.9. The van der Waals surface area contributed by atoms with Crippen molar-refractivity contribution in [2.75, 3.05) is 0 Å². The molecule has 0 aromatic carbocycles. The summed E-state index contributed by atoms with van der Waals surface area (Å²) in [6.45, 7) is 4.58. The molecule has 0 aliphatic carbocycles. The summed E-state index contributed by atoms with van der Waals surface area (Å²) in [7, 11) is 0. The predicted molar refractivity (Wildman–Crippen MR) is 97.3 cm³/mol. The summed E-state index contributed by atoms with van der Waals surface area (Å²) >= 11 is 0. The van der Waals surface area contributed by atoms with Gasteiger partial charge in [0.1, 0.15) is 0 Å². The number of hydrogen-bond acceptors (Lipinski definition) is 1. The van der Waals surface area contributed by atoms with E-state index < -0.39 is 0 Å². The molecule has 0 saturated heterocycles. The molecular formula is C20H38N2. The van der Waals surface area contributed by atoms with Crippen LogP contribution in [0.25, 0.3) is 0 Å². The minimum Gasteiger partial charge on any atom is -0.335 e. The van der Waals surface area contributed by atoms with E-state index in [-0.39, 0.29) is 0 Å². The van der Waals surface area contributed by atoms with Gasteiger partial charge in [0.2, 0.25) is 0 Å².